The van der Waals surface area contributed by atoms with Crippen LogP contribution in [0, 0.1) is 0 Å². The third-order valence-electron chi connectivity index (χ3n) is 3.84. The van der Waals surface area contributed by atoms with Gasteiger partial charge >= 0.3 is 6.03 Å². The van der Waals surface area contributed by atoms with Gasteiger partial charge in [-0.15, -0.1) is 11.8 Å². The summed E-state index contributed by atoms with van der Waals surface area (Å²) in [5.41, 5.74) is 0.376. The normalized spacial score (nSPS) is 12.8. The number of ketones is 2. The lowest BCUT2D eigenvalue weighted by Gasteiger charge is -2.12. The molecule has 1 aliphatic rings. The van der Waals surface area contributed by atoms with Crippen molar-refractivity contribution in [2.45, 2.75) is 0 Å². The maximum Gasteiger partial charge on any atom is 0.314 e. The first kappa shape index (κ1) is 19.4. The predicted octanol–water partition coefficient (Wildman–Crippen LogP) is 1.59. The molecule has 1 aliphatic carbocycles. The van der Waals surface area contributed by atoms with Gasteiger partial charge in [-0.1, -0.05) is 18.2 Å². The maximum atomic E-state index is 12.8. The topological polar surface area (TPSA) is 133 Å². The second-order valence-electron chi connectivity index (χ2n) is 5.70. The smallest absolute Gasteiger partial charge is 0.314 e. The summed E-state index contributed by atoms with van der Waals surface area (Å²) in [6.07, 6.45) is 1.20. The highest BCUT2D eigenvalue weighted by atomic mass is 32.2. The summed E-state index contributed by atoms with van der Waals surface area (Å²) in [5, 5.41) is 14.0. The number of fused-ring (bicyclic) bond motifs is 1. The molecule has 144 valence electrons. The molecule has 0 radical (unpaired) electrons. The summed E-state index contributed by atoms with van der Waals surface area (Å²) >= 11 is 1.13. The highest BCUT2D eigenvalue weighted by Crippen LogP contribution is 2.29. The Bertz CT molecular complexity index is 968. The van der Waals surface area contributed by atoms with Gasteiger partial charge in [-0.2, -0.15) is 5.10 Å². The van der Waals surface area contributed by atoms with Gasteiger partial charge in [-0.3, -0.25) is 19.5 Å². The van der Waals surface area contributed by atoms with Crippen LogP contribution in [0.4, 0.5) is 10.5 Å². The standard InChI is InChI=1S/C18H17N5O4S/c1-19-18(27)20-7-8-28-12-9-11(24)14-13(16(12)25)15(23-22-14)17(26)21-10-5-3-2-4-6-10/h2-6,9H,7-8H2,1H3,(H,21,26)(H,22,23)(H2,19,20,27). The first-order chi connectivity index (χ1) is 13.5. The number of carbonyl (C=O) groups is 4. The molecule has 9 nitrogen and oxygen atoms in total. The number of benzene rings is 1. The third-order valence-corrected chi connectivity index (χ3v) is 4.87. The summed E-state index contributed by atoms with van der Waals surface area (Å²) in [6.45, 7) is 0.308. The molecule has 0 bridgehead atoms. The highest BCUT2D eigenvalue weighted by molar-refractivity contribution is 8.04. The Kier molecular flexibility index (Phi) is 5.90. The molecule has 0 atom stereocenters. The van der Waals surface area contributed by atoms with E-state index in [2.05, 4.69) is 26.1 Å². The second-order valence-corrected chi connectivity index (χ2v) is 6.84. The van der Waals surface area contributed by atoms with Crippen molar-refractivity contribution in [3.63, 3.8) is 0 Å². The fraction of sp³-hybridized carbons (Fsp3) is 0.167. The summed E-state index contributed by atoms with van der Waals surface area (Å²) < 4.78 is 0. The van der Waals surface area contributed by atoms with Crippen LogP contribution in [0.5, 0.6) is 0 Å². The van der Waals surface area contributed by atoms with E-state index < -0.39 is 17.5 Å². The molecule has 1 aromatic carbocycles. The first-order valence-corrected chi connectivity index (χ1v) is 9.33. The Hall–Kier alpha value is -3.40. The Balaban J connectivity index is 1.74. The maximum absolute atomic E-state index is 12.8. The van der Waals surface area contributed by atoms with E-state index in [9.17, 15) is 19.2 Å². The van der Waals surface area contributed by atoms with Crippen molar-refractivity contribution < 1.29 is 19.2 Å². The number of carbonyl (C=O) groups excluding carboxylic acids is 4. The molecule has 0 aliphatic heterocycles. The van der Waals surface area contributed by atoms with Crippen LogP contribution in [0.15, 0.2) is 41.3 Å². The summed E-state index contributed by atoms with van der Waals surface area (Å²) in [5.74, 6) is -1.08. The molecule has 1 heterocycles. The number of H-pyrrole nitrogens is 1. The fourth-order valence-electron chi connectivity index (χ4n) is 2.52. The van der Waals surface area contributed by atoms with E-state index in [0.29, 0.717) is 18.0 Å². The molecular weight excluding hydrogens is 382 g/mol. The number of hydrogen-bond donors (Lipinski definition) is 4. The van der Waals surface area contributed by atoms with Gasteiger partial charge in [0, 0.05) is 31.1 Å². The van der Waals surface area contributed by atoms with Crippen molar-refractivity contribution >= 4 is 41.0 Å². The van der Waals surface area contributed by atoms with Crippen molar-refractivity contribution in [3.8, 4) is 0 Å². The van der Waals surface area contributed by atoms with Crippen molar-refractivity contribution in [3.05, 3.63) is 58.3 Å². The Morgan fingerprint density at radius 3 is 2.64 bits per heavy atom. The molecule has 3 amide bonds. The highest BCUT2D eigenvalue weighted by Gasteiger charge is 2.33. The van der Waals surface area contributed by atoms with Gasteiger partial charge in [0.25, 0.3) is 5.91 Å². The van der Waals surface area contributed by atoms with Crippen molar-refractivity contribution in [2.24, 2.45) is 0 Å². The number of anilines is 1. The number of rotatable bonds is 6. The Morgan fingerprint density at radius 1 is 1.18 bits per heavy atom. The zero-order chi connectivity index (χ0) is 20.1. The van der Waals surface area contributed by atoms with Crippen molar-refractivity contribution in [1.82, 2.24) is 20.8 Å². The van der Waals surface area contributed by atoms with E-state index in [1.165, 1.54) is 13.1 Å². The minimum absolute atomic E-state index is 0.0392. The molecule has 0 fully saturated rings. The Labute approximate surface area is 164 Å². The number of allylic oxidation sites excluding steroid dienone is 2. The van der Waals surface area contributed by atoms with Crippen LogP contribution >= 0.6 is 11.8 Å². The van der Waals surface area contributed by atoms with Gasteiger partial charge in [0.15, 0.2) is 0 Å². The largest absolute Gasteiger partial charge is 0.341 e. The van der Waals surface area contributed by atoms with Gasteiger partial charge in [-0.25, -0.2) is 4.79 Å². The fourth-order valence-corrected chi connectivity index (χ4v) is 3.37. The summed E-state index contributed by atoms with van der Waals surface area (Å²) in [7, 11) is 1.50. The number of para-hydroxylation sites is 1. The van der Waals surface area contributed by atoms with Gasteiger partial charge in [0.1, 0.15) is 11.4 Å². The van der Waals surface area contributed by atoms with Crippen molar-refractivity contribution in [2.75, 3.05) is 24.7 Å². The van der Waals surface area contributed by atoms with Crippen LogP contribution in [0.1, 0.15) is 31.3 Å². The molecule has 28 heavy (non-hydrogen) atoms. The lowest BCUT2D eigenvalue weighted by molar-refractivity contribution is 0.0979. The van der Waals surface area contributed by atoms with Crippen LogP contribution in [0.3, 0.4) is 0 Å². The van der Waals surface area contributed by atoms with E-state index in [1.807, 2.05) is 6.07 Å². The number of nitrogens with zero attached hydrogens (tertiary/aromatic N) is 1. The molecule has 0 spiro atoms. The molecule has 3 rings (SSSR count). The second kappa shape index (κ2) is 8.53. The zero-order valence-electron chi connectivity index (χ0n) is 14.9. The van der Waals surface area contributed by atoms with Crippen LogP contribution in [-0.2, 0) is 0 Å². The SMILES string of the molecule is CNC(=O)NCCSC1=CC(=O)c2n[nH]c(C(=O)Nc3ccccc3)c2C1=O. The van der Waals surface area contributed by atoms with E-state index >= 15 is 0 Å². The van der Waals surface area contributed by atoms with Crippen LogP contribution in [0.2, 0.25) is 0 Å². The lowest BCUT2D eigenvalue weighted by Crippen LogP contribution is -2.34. The minimum Gasteiger partial charge on any atom is -0.341 e. The lowest BCUT2D eigenvalue weighted by atomic mass is 9.99. The molecule has 4 N–H and O–H groups in total. The van der Waals surface area contributed by atoms with Gasteiger partial charge in [0.2, 0.25) is 11.6 Å². The summed E-state index contributed by atoms with van der Waals surface area (Å²) in [4.78, 5) is 49.0. The molecule has 10 heteroatoms. The van der Waals surface area contributed by atoms with Crippen molar-refractivity contribution in [1.29, 1.82) is 0 Å². The number of thioether (sulfide) groups is 1. The third kappa shape index (κ3) is 4.12. The molecule has 0 unspecified atom stereocenters. The number of Topliss-reactive ketones (excluding diaryl/α,β-unsaturated/α-hetero) is 1. The summed E-state index contributed by atoms with van der Waals surface area (Å²) in [6, 6.07) is 8.40. The van der Waals surface area contributed by atoms with Gasteiger partial charge in [-0.05, 0) is 12.1 Å². The molecular formula is C18H17N5O4S. The predicted molar refractivity (Wildman–Crippen MR) is 105 cm³/mol. The molecule has 1 aromatic heterocycles. The molecule has 2 aromatic rings. The number of aromatic amines is 1. The quantitative estimate of drug-likeness (QED) is 0.545. The first-order valence-electron chi connectivity index (χ1n) is 8.35. The minimum atomic E-state index is -0.561. The average molecular weight is 399 g/mol. The van der Waals surface area contributed by atoms with Crippen LogP contribution in [-0.4, -0.2) is 53.0 Å². The van der Waals surface area contributed by atoms with Crippen LogP contribution in [0.25, 0.3) is 0 Å². The monoisotopic (exact) mass is 399 g/mol. The molecule has 0 saturated carbocycles. The van der Waals surface area contributed by atoms with E-state index in [0.717, 1.165) is 11.8 Å². The number of nitrogens with one attached hydrogen (secondary N) is 4. The number of urea groups is 1. The van der Waals surface area contributed by atoms with Gasteiger partial charge in [0.05, 0.1) is 10.5 Å². The molecule has 0 saturated heterocycles. The zero-order valence-corrected chi connectivity index (χ0v) is 15.7. The van der Waals surface area contributed by atoms with E-state index in [1.54, 1.807) is 24.3 Å². The van der Waals surface area contributed by atoms with E-state index in [-0.39, 0.29) is 27.9 Å². The number of aromatic nitrogens is 2. The average Bonchev–Trinajstić information content (AvgIpc) is 3.15. The van der Waals surface area contributed by atoms with Crippen LogP contribution < -0.4 is 16.0 Å². The number of amides is 3. The van der Waals surface area contributed by atoms with Gasteiger partial charge < -0.3 is 16.0 Å². The van der Waals surface area contributed by atoms with E-state index in [4.69, 9.17) is 0 Å². The Morgan fingerprint density at radius 2 is 1.93 bits per heavy atom. The number of hydrogen-bond acceptors (Lipinski definition) is 6.